The van der Waals surface area contributed by atoms with Gasteiger partial charge in [0.25, 0.3) is 5.91 Å². The topological polar surface area (TPSA) is 23.6 Å². The number of thioether (sulfide) groups is 2. The van der Waals surface area contributed by atoms with Crippen molar-refractivity contribution in [3.05, 3.63) is 34.2 Å². The summed E-state index contributed by atoms with van der Waals surface area (Å²) in [6.45, 7) is 3.66. The van der Waals surface area contributed by atoms with Crippen LogP contribution in [0.5, 0.6) is 0 Å². The van der Waals surface area contributed by atoms with E-state index in [1.54, 1.807) is 4.90 Å². The van der Waals surface area contributed by atoms with Crippen LogP contribution in [-0.4, -0.2) is 45.9 Å². The zero-order valence-corrected chi connectivity index (χ0v) is 13.4. The third-order valence-corrected chi connectivity index (χ3v) is 5.37. The van der Waals surface area contributed by atoms with Gasteiger partial charge in [-0.25, -0.2) is 0 Å². The van der Waals surface area contributed by atoms with E-state index in [1.165, 1.54) is 16.8 Å². The molecular formula is C13H16N2OS3. The lowest BCUT2D eigenvalue weighted by molar-refractivity contribution is -0.122. The Balaban J connectivity index is 2.00. The van der Waals surface area contributed by atoms with E-state index in [2.05, 4.69) is 18.0 Å². The van der Waals surface area contributed by atoms with Gasteiger partial charge in [-0.15, -0.1) is 11.8 Å². The number of thiocarbonyl (C=S) groups is 1. The van der Waals surface area contributed by atoms with Crippen LogP contribution in [0, 0.1) is 0 Å². The van der Waals surface area contributed by atoms with Gasteiger partial charge in [-0.3, -0.25) is 9.69 Å². The van der Waals surface area contributed by atoms with E-state index in [1.807, 2.05) is 36.9 Å². The van der Waals surface area contributed by atoms with Crippen LogP contribution in [-0.2, 0) is 4.79 Å². The van der Waals surface area contributed by atoms with E-state index in [9.17, 15) is 4.79 Å². The van der Waals surface area contributed by atoms with Crippen molar-refractivity contribution < 1.29 is 4.79 Å². The van der Waals surface area contributed by atoms with E-state index < -0.39 is 0 Å². The van der Waals surface area contributed by atoms with Crippen LogP contribution in [0.4, 0.5) is 0 Å². The van der Waals surface area contributed by atoms with Gasteiger partial charge in [0.05, 0.1) is 9.93 Å². The molecule has 0 aromatic heterocycles. The zero-order valence-electron chi connectivity index (χ0n) is 11.0. The molecule has 6 heteroatoms. The molecule has 102 valence electrons. The van der Waals surface area contributed by atoms with Crippen molar-refractivity contribution in [3.63, 3.8) is 0 Å². The highest BCUT2D eigenvalue weighted by Crippen LogP contribution is 2.30. The summed E-state index contributed by atoms with van der Waals surface area (Å²) in [7, 11) is 2.09. The lowest BCUT2D eigenvalue weighted by Crippen LogP contribution is -2.27. The van der Waals surface area contributed by atoms with Gasteiger partial charge in [-0.2, -0.15) is 0 Å². The molecule has 2 rings (SSSR count). The quantitative estimate of drug-likeness (QED) is 0.589. The molecule has 2 saturated heterocycles. The smallest absolute Gasteiger partial charge is 0.266 e. The Morgan fingerprint density at radius 2 is 2.11 bits per heavy atom. The summed E-state index contributed by atoms with van der Waals surface area (Å²) in [5.74, 6) is 1.16. The van der Waals surface area contributed by atoms with E-state index >= 15 is 0 Å². The van der Waals surface area contributed by atoms with Crippen LogP contribution in [0.15, 0.2) is 34.2 Å². The zero-order chi connectivity index (χ0) is 13.8. The van der Waals surface area contributed by atoms with Crippen LogP contribution in [0.2, 0.25) is 0 Å². The van der Waals surface area contributed by atoms with Gasteiger partial charge in [0.1, 0.15) is 4.32 Å². The normalized spacial score (nSPS) is 24.7. The summed E-state index contributed by atoms with van der Waals surface area (Å²) in [6.07, 6.45) is 7.80. The molecule has 0 spiro atoms. The highest BCUT2D eigenvalue weighted by Gasteiger charge is 2.29. The Labute approximate surface area is 127 Å². The van der Waals surface area contributed by atoms with Crippen molar-refractivity contribution >= 4 is 46.0 Å². The highest BCUT2D eigenvalue weighted by atomic mass is 32.2. The second-order valence-corrected chi connectivity index (χ2v) is 6.90. The van der Waals surface area contributed by atoms with Crippen molar-refractivity contribution in [1.29, 1.82) is 0 Å². The number of amides is 1. The van der Waals surface area contributed by atoms with E-state index in [4.69, 9.17) is 12.2 Å². The van der Waals surface area contributed by atoms with E-state index in [0.717, 1.165) is 12.3 Å². The monoisotopic (exact) mass is 312 g/mol. The van der Waals surface area contributed by atoms with Crippen LogP contribution in [0.25, 0.3) is 0 Å². The fourth-order valence-electron chi connectivity index (χ4n) is 1.75. The Morgan fingerprint density at radius 1 is 1.37 bits per heavy atom. The fourth-order valence-corrected chi connectivity index (χ4v) is 4.15. The molecule has 0 aliphatic carbocycles. The molecule has 2 fully saturated rings. The van der Waals surface area contributed by atoms with E-state index in [0.29, 0.717) is 15.8 Å². The van der Waals surface area contributed by atoms with Crippen molar-refractivity contribution in [2.24, 2.45) is 0 Å². The number of carbonyl (C=O) groups excluding carboxylic acids is 1. The number of allylic oxidation sites excluding steroid dienone is 4. The van der Waals surface area contributed by atoms with Gasteiger partial charge in [0, 0.05) is 25.9 Å². The summed E-state index contributed by atoms with van der Waals surface area (Å²) in [6, 6.07) is 0. The minimum absolute atomic E-state index is 0.0159. The molecule has 19 heavy (non-hydrogen) atoms. The van der Waals surface area contributed by atoms with Gasteiger partial charge in [-0.1, -0.05) is 36.1 Å². The average molecular weight is 312 g/mol. The Morgan fingerprint density at radius 3 is 2.68 bits per heavy atom. The number of carbonyl (C=O) groups is 1. The molecule has 2 aliphatic rings. The third-order valence-electron chi connectivity index (χ3n) is 2.84. The first-order chi connectivity index (χ1) is 9.13. The molecule has 0 radical (unpaired) electrons. The second-order valence-electron chi connectivity index (χ2n) is 4.11. The van der Waals surface area contributed by atoms with Crippen LogP contribution < -0.4 is 0 Å². The standard InChI is InChI=1S/C13H16N2OS3/c1-3-15-12(16)10(19-13(15)17)6-4-5-7-11-14(2)8-9-18-11/h4-7H,3,8-9H2,1-2H3. The SMILES string of the molecule is CCN1C(=O)C(=CC=CC=C2SCCN2C)SC1=S. The Hall–Kier alpha value is -0.720. The molecule has 0 saturated carbocycles. The molecule has 3 nitrogen and oxygen atoms in total. The van der Waals surface area contributed by atoms with Gasteiger partial charge >= 0.3 is 0 Å². The predicted octanol–water partition coefficient (Wildman–Crippen LogP) is 2.83. The average Bonchev–Trinajstić information content (AvgIpc) is 2.90. The Kier molecular flexibility index (Phi) is 5.13. The maximum Gasteiger partial charge on any atom is 0.266 e. The van der Waals surface area contributed by atoms with Crippen LogP contribution >= 0.6 is 35.7 Å². The number of likely N-dealkylation sites (N-methyl/N-ethyl adjacent to an activating group) is 1. The van der Waals surface area contributed by atoms with E-state index in [-0.39, 0.29) is 5.91 Å². The highest BCUT2D eigenvalue weighted by molar-refractivity contribution is 8.26. The van der Waals surface area contributed by atoms with Crippen molar-refractivity contribution in [3.8, 4) is 0 Å². The molecule has 2 aliphatic heterocycles. The first kappa shape index (κ1) is 14.7. The summed E-state index contributed by atoms with van der Waals surface area (Å²) in [5.41, 5.74) is 0. The van der Waals surface area contributed by atoms with Crippen LogP contribution in [0.3, 0.4) is 0 Å². The molecule has 2 heterocycles. The lowest BCUT2D eigenvalue weighted by Gasteiger charge is -2.09. The second kappa shape index (κ2) is 6.63. The largest absolute Gasteiger partial charge is 0.369 e. The number of hydrogen-bond acceptors (Lipinski definition) is 5. The molecule has 1 amide bonds. The molecule has 0 N–H and O–H groups in total. The molecule has 0 aromatic carbocycles. The number of rotatable bonds is 3. The predicted molar refractivity (Wildman–Crippen MR) is 88.0 cm³/mol. The van der Waals surface area contributed by atoms with Crippen molar-refractivity contribution in [1.82, 2.24) is 9.80 Å². The first-order valence-corrected chi connectivity index (χ1v) is 8.30. The van der Waals surface area contributed by atoms with Crippen molar-refractivity contribution in [2.45, 2.75) is 6.92 Å². The molecule has 0 atom stereocenters. The number of hydrogen-bond donors (Lipinski definition) is 0. The van der Waals surface area contributed by atoms with Crippen molar-refractivity contribution in [2.75, 3.05) is 25.9 Å². The van der Waals surface area contributed by atoms with Gasteiger partial charge in [0.2, 0.25) is 0 Å². The summed E-state index contributed by atoms with van der Waals surface area (Å²) in [4.78, 5) is 16.5. The maximum absolute atomic E-state index is 11.9. The van der Waals surface area contributed by atoms with Gasteiger partial charge in [-0.05, 0) is 19.1 Å². The van der Waals surface area contributed by atoms with Gasteiger partial charge < -0.3 is 4.90 Å². The molecular weight excluding hydrogens is 296 g/mol. The maximum atomic E-state index is 11.9. The third kappa shape index (κ3) is 3.43. The minimum atomic E-state index is 0.0159. The summed E-state index contributed by atoms with van der Waals surface area (Å²) in [5, 5.41) is 1.27. The molecule has 0 unspecified atom stereocenters. The fraction of sp³-hybridized carbons (Fsp3) is 0.385. The Bertz CT molecular complexity index is 482. The molecule has 0 bridgehead atoms. The first-order valence-electron chi connectivity index (χ1n) is 6.09. The molecule has 0 aromatic rings. The van der Waals surface area contributed by atoms with Crippen LogP contribution in [0.1, 0.15) is 6.92 Å². The van der Waals surface area contributed by atoms with Gasteiger partial charge in [0.15, 0.2) is 0 Å². The summed E-state index contributed by atoms with van der Waals surface area (Å²) >= 11 is 8.38. The summed E-state index contributed by atoms with van der Waals surface area (Å²) < 4.78 is 0.650. The lowest BCUT2D eigenvalue weighted by atomic mass is 10.4. The number of nitrogens with zero attached hydrogens (tertiary/aromatic N) is 2. The minimum Gasteiger partial charge on any atom is -0.369 e.